The van der Waals surface area contributed by atoms with Gasteiger partial charge in [-0.1, -0.05) is 52.0 Å². The van der Waals surface area contributed by atoms with Crippen LogP contribution in [-0.4, -0.2) is 0 Å². The van der Waals surface area contributed by atoms with E-state index in [-0.39, 0.29) is 62.2 Å². The summed E-state index contributed by atoms with van der Waals surface area (Å²) in [5.74, 6) is 0. The Balaban J connectivity index is 0.00000128. The summed E-state index contributed by atoms with van der Waals surface area (Å²) < 4.78 is 0. The van der Waals surface area contributed by atoms with Crippen molar-refractivity contribution in [3.8, 4) is 0 Å². The van der Waals surface area contributed by atoms with Crippen LogP contribution in [0, 0.1) is 5.54 Å². The second-order valence-corrected chi connectivity index (χ2v) is 5.45. The fraction of sp³-hybridized carbons (Fsp3) is 0.429. The van der Waals surface area contributed by atoms with Gasteiger partial charge in [0.25, 0.3) is 0 Å². The molecule has 0 atom stereocenters. The Morgan fingerprint density at radius 3 is 1.62 bits per heavy atom. The van der Waals surface area contributed by atoms with Crippen LogP contribution in [0.25, 0.3) is 0 Å². The summed E-state index contributed by atoms with van der Waals surface area (Å²) in [6.45, 7) is 8.85. The fourth-order valence-electron chi connectivity index (χ4n) is 2.86. The molecule has 1 aliphatic rings. The van der Waals surface area contributed by atoms with E-state index < -0.39 is 0 Å². The number of hydrogen-bond acceptors (Lipinski definition) is 0. The van der Waals surface area contributed by atoms with Gasteiger partial charge in [0.05, 0.1) is 0 Å². The summed E-state index contributed by atoms with van der Waals surface area (Å²) in [5, 5.41) is 0. The second-order valence-electron chi connectivity index (χ2n) is 5.27. The topological polar surface area (TPSA) is 0 Å². The Morgan fingerprint density at radius 1 is 0.938 bits per heavy atom. The maximum absolute atomic E-state index is 5.88. The number of halogens is 1. The Kier molecular flexibility index (Phi) is 4.55. The van der Waals surface area contributed by atoms with Gasteiger partial charge < -0.3 is 17.1 Å². The zero-order valence-corrected chi connectivity index (χ0v) is 14.6. The quantitative estimate of drug-likeness (QED) is 0.484. The molecule has 0 amide bonds. The third kappa shape index (κ3) is 2.00. The molecule has 16 heavy (non-hydrogen) atoms. The van der Waals surface area contributed by atoms with Crippen molar-refractivity contribution in [3.05, 3.63) is 46.5 Å². The molecule has 0 N–H and O–H groups in total. The average Bonchev–Trinajstić information content (AvgIpc) is 2.32. The van der Waals surface area contributed by atoms with Gasteiger partial charge in [0, 0.05) is 0 Å². The summed E-state index contributed by atoms with van der Waals surface area (Å²) in [4.78, 5) is 0. The third-order valence-electron chi connectivity index (χ3n) is 3.62. The summed E-state index contributed by atoms with van der Waals surface area (Å²) in [6, 6.07) is 8.57. The first-order valence-corrected chi connectivity index (χ1v) is 5.64. The first kappa shape index (κ1) is 14.9. The molecule has 0 fully saturated rings. The number of fused-ring (bicyclic) bond motifs is 1. The third-order valence-corrected chi connectivity index (χ3v) is 3.81. The zero-order valence-electron chi connectivity index (χ0n) is 10.7. The minimum atomic E-state index is 0. The van der Waals surface area contributed by atoms with Crippen molar-refractivity contribution in [1.82, 2.24) is 0 Å². The monoisotopic (exact) mass is 258 g/mol. The van der Waals surface area contributed by atoms with Crippen molar-refractivity contribution in [2.75, 3.05) is 0 Å². The first-order chi connectivity index (χ1) is 6.92. The Bertz CT molecular complexity index is 393. The van der Waals surface area contributed by atoms with E-state index in [1.807, 2.05) is 0 Å². The molecule has 0 spiro atoms. The summed E-state index contributed by atoms with van der Waals surface area (Å²) in [7, 11) is 0. The number of rotatable bonds is 0. The molecule has 1 aliphatic carbocycles. The molecule has 0 bridgehead atoms. The molecule has 0 saturated carbocycles. The van der Waals surface area contributed by atoms with Crippen molar-refractivity contribution >= 4 is 11.6 Å². The minimum Gasteiger partial charge on any atom is -0.397 e. The molecule has 0 unspecified atom stereocenters. The summed E-state index contributed by atoms with van der Waals surface area (Å²) in [5.41, 5.74) is 6.81. The van der Waals surface area contributed by atoms with Crippen LogP contribution in [0.5, 0.6) is 0 Å². The van der Waals surface area contributed by atoms with Crippen LogP contribution in [-0.2, 0) is 10.8 Å². The van der Waals surface area contributed by atoms with E-state index in [1.54, 1.807) is 0 Å². The SMILES string of the molecule is CC1(C)C(=[C-]Cl)C(C)(C)c2ccccc21.[K+]. The van der Waals surface area contributed by atoms with E-state index in [0.717, 1.165) is 0 Å². The van der Waals surface area contributed by atoms with E-state index in [1.165, 1.54) is 16.7 Å². The molecule has 1 aromatic carbocycles. The fourth-order valence-corrected chi connectivity index (χ4v) is 3.33. The minimum absolute atomic E-state index is 0. The number of benzene rings is 1. The van der Waals surface area contributed by atoms with Crippen LogP contribution in [0.3, 0.4) is 0 Å². The molecule has 0 heterocycles. The van der Waals surface area contributed by atoms with E-state index in [4.69, 9.17) is 11.6 Å². The Hall–Kier alpha value is 0.886. The predicted octanol–water partition coefficient (Wildman–Crippen LogP) is 1.19. The van der Waals surface area contributed by atoms with Crippen molar-refractivity contribution in [2.24, 2.45) is 0 Å². The Labute approximate surface area is 146 Å². The molecule has 2 heteroatoms. The molecule has 2 rings (SSSR count). The van der Waals surface area contributed by atoms with Gasteiger partial charge >= 0.3 is 51.4 Å². The molecule has 0 radical (unpaired) electrons. The maximum atomic E-state index is 5.88. The molecular weight excluding hydrogens is 243 g/mol. The summed E-state index contributed by atoms with van der Waals surface area (Å²) in [6.07, 6.45) is 0. The number of allylic oxidation sites excluding steroid dienone is 1. The van der Waals surface area contributed by atoms with Gasteiger partial charge in [-0.15, -0.1) is 0 Å². The van der Waals surface area contributed by atoms with E-state index in [9.17, 15) is 0 Å². The van der Waals surface area contributed by atoms with E-state index >= 15 is 0 Å². The van der Waals surface area contributed by atoms with E-state index in [0.29, 0.717) is 0 Å². The maximum Gasteiger partial charge on any atom is 1.00 e. The average molecular weight is 259 g/mol. The van der Waals surface area contributed by atoms with Crippen molar-refractivity contribution < 1.29 is 51.4 Å². The Morgan fingerprint density at radius 2 is 1.31 bits per heavy atom. The van der Waals surface area contributed by atoms with Crippen molar-refractivity contribution in [1.29, 1.82) is 0 Å². The van der Waals surface area contributed by atoms with Gasteiger partial charge in [-0.25, -0.2) is 5.57 Å². The van der Waals surface area contributed by atoms with Crippen LogP contribution in [0.4, 0.5) is 0 Å². The number of hydrogen-bond donors (Lipinski definition) is 0. The van der Waals surface area contributed by atoms with Crippen molar-refractivity contribution in [2.45, 2.75) is 38.5 Å². The predicted molar refractivity (Wildman–Crippen MR) is 65.1 cm³/mol. The van der Waals surface area contributed by atoms with Gasteiger partial charge in [0.1, 0.15) is 0 Å². The molecule has 80 valence electrons. The van der Waals surface area contributed by atoms with Crippen LogP contribution in [0.1, 0.15) is 38.8 Å². The zero-order chi connectivity index (χ0) is 11.3. The van der Waals surface area contributed by atoms with Crippen LogP contribution in [0.2, 0.25) is 0 Å². The smallest absolute Gasteiger partial charge is 0.397 e. The molecule has 0 nitrogen and oxygen atoms in total. The van der Waals surface area contributed by atoms with Crippen molar-refractivity contribution in [3.63, 3.8) is 0 Å². The normalized spacial score (nSPS) is 19.9. The standard InChI is InChI=1S/C14H16Cl.K/c1-13(2)10-7-5-6-8-11(10)14(3,4)12(13)9-15;/h5-8H,1-4H3;/q-1;+1. The van der Waals surface area contributed by atoms with E-state index in [2.05, 4.69) is 57.5 Å². The molecule has 0 aromatic heterocycles. The molecular formula is C14H16ClK. The largest absolute Gasteiger partial charge is 1.00 e. The van der Waals surface area contributed by atoms with Gasteiger partial charge in [0.2, 0.25) is 0 Å². The van der Waals surface area contributed by atoms with Gasteiger partial charge in [-0.05, 0) is 22.0 Å². The van der Waals surface area contributed by atoms with Gasteiger partial charge in [-0.2, -0.15) is 0 Å². The van der Waals surface area contributed by atoms with Gasteiger partial charge in [0.15, 0.2) is 0 Å². The first-order valence-electron chi connectivity index (χ1n) is 5.27. The van der Waals surface area contributed by atoms with Crippen LogP contribution in [0.15, 0.2) is 29.8 Å². The molecule has 0 aliphatic heterocycles. The summed E-state index contributed by atoms with van der Waals surface area (Å²) >= 11 is 5.88. The van der Waals surface area contributed by atoms with Gasteiger partial charge in [-0.3, -0.25) is 0 Å². The second kappa shape index (κ2) is 4.87. The molecule has 0 saturated heterocycles. The van der Waals surface area contributed by atoms with Crippen LogP contribution >= 0.6 is 11.6 Å². The van der Waals surface area contributed by atoms with Crippen LogP contribution < -0.4 is 51.4 Å². The molecule has 1 aromatic rings.